The van der Waals surface area contributed by atoms with E-state index in [4.69, 9.17) is 40.5 Å². The minimum absolute atomic E-state index is 0.0682. The number of nitrogens with zero attached hydrogens (tertiary/aromatic N) is 1. The van der Waals surface area contributed by atoms with Crippen molar-refractivity contribution in [3.05, 3.63) is 38.7 Å². The molecule has 8 heteroatoms. The van der Waals surface area contributed by atoms with Gasteiger partial charge in [-0.2, -0.15) is 0 Å². The molecule has 0 atom stereocenters. The summed E-state index contributed by atoms with van der Waals surface area (Å²) < 4.78 is 0.354. The highest BCUT2D eigenvalue weighted by Gasteiger charge is 2.32. The molecule has 2 rings (SSSR count). The summed E-state index contributed by atoms with van der Waals surface area (Å²) in [6, 6.07) is 5.02. The van der Waals surface area contributed by atoms with Crippen LogP contribution in [0.5, 0.6) is 0 Å². The number of hydrogen-bond donors (Lipinski definition) is 1. The predicted octanol–water partition coefficient (Wildman–Crippen LogP) is 3.67. The van der Waals surface area contributed by atoms with Crippen molar-refractivity contribution in [1.29, 1.82) is 0 Å². The van der Waals surface area contributed by atoms with E-state index in [9.17, 15) is 9.59 Å². The molecule has 0 saturated carbocycles. The second-order valence-corrected chi connectivity index (χ2v) is 6.64. The maximum absolute atomic E-state index is 12.2. The molecule has 1 aromatic carbocycles. The van der Waals surface area contributed by atoms with Gasteiger partial charge in [-0.25, -0.2) is 0 Å². The number of rotatable bonds is 4. The van der Waals surface area contributed by atoms with E-state index in [1.54, 1.807) is 24.3 Å². The number of thiocarbonyl (C=S) groups is 1. The summed E-state index contributed by atoms with van der Waals surface area (Å²) in [5.74, 6) is -1.27. The first-order chi connectivity index (χ1) is 9.88. The summed E-state index contributed by atoms with van der Waals surface area (Å²) in [6.07, 6.45) is 1.51. The first kappa shape index (κ1) is 16.3. The number of carboxylic acid groups (broad SMARTS) is 1. The number of amides is 1. The number of aliphatic carboxylic acids is 1. The number of carboxylic acids is 1. The highest BCUT2D eigenvalue weighted by atomic mass is 35.5. The van der Waals surface area contributed by atoms with Gasteiger partial charge in [-0.15, -0.1) is 0 Å². The smallest absolute Gasteiger partial charge is 0.305 e. The maximum Gasteiger partial charge on any atom is 0.305 e. The van der Waals surface area contributed by atoms with Gasteiger partial charge in [-0.05, 0) is 23.8 Å². The zero-order chi connectivity index (χ0) is 15.6. The van der Waals surface area contributed by atoms with Crippen molar-refractivity contribution >= 4 is 69.5 Å². The molecule has 0 aromatic heterocycles. The SMILES string of the molecule is O=C(O)CCN1C(=O)/C(=C\c2ccc(Cl)c(Cl)c2)SC1=S. The van der Waals surface area contributed by atoms with Crippen LogP contribution in [0.3, 0.4) is 0 Å². The molecule has 21 heavy (non-hydrogen) atoms. The molecule has 110 valence electrons. The van der Waals surface area contributed by atoms with Crippen LogP contribution < -0.4 is 0 Å². The van der Waals surface area contributed by atoms with Gasteiger partial charge in [0.1, 0.15) is 4.32 Å². The summed E-state index contributed by atoms with van der Waals surface area (Å²) in [7, 11) is 0. The largest absolute Gasteiger partial charge is 0.481 e. The molecular formula is C13H9Cl2NO3S2. The van der Waals surface area contributed by atoms with Gasteiger partial charge < -0.3 is 5.11 Å². The Hall–Kier alpha value is -1.08. The van der Waals surface area contributed by atoms with Gasteiger partial charge in [0.2, 0.25) is 0 Å². The van der Waals surface area contributed by atoms with E-state index in [1.165, 1.54) is 4.90 Å². The summed E-state index contributed by atoms with van der Waals surface area (Å²) in [4.78, 5) is 24.5. The lowest BCUT2D eigenvalue weighted by Crippen LogP contribution is -2.30. The highest BCUT2D eigenvalue weighted by molar-refractivity contribution is 8.26. The Bertz CT molecular complexity index is 661. The van der Waals surface area contributed by atoms with Gasteiger partial charge in [0.05, 0.1) is 21.4 Å². The number of hydrogen-bond acceptors (Lipinski definition) is 4. The average molecular weight is 362 g/mol. The molecule has 0 unspecified atom stereocenters. The Morgan fingerprint density at radius 3 is 2.71 bits per heavy atom. The summed E-state index contributed by atoms with van der Waals surface area (Å²) in [5.41, 5.74) is 0.725. The molecule has 0 aliphatic carbocycles. The third-order valence-electron chi connectivity index (χ3n) is 2.66. The first-order valence-corrected chi connectivity index (χ1v) is 7.79. The topological polar surface area (TPSA) is 57.6 Å². The van der Waals surface area contributed by atoms with Gasteiger partial charge in [0, 0.05) is 6.54 Å². The van der Waals surface area contributed by atoms with Crippen molar-refractivity contribution < 1.29 is 14.7 Å². The molecule has 0 spiro atoms. The molecule has 4 nitrogen and oxygen atoms in total. The third-order valence-corrected chi connectivity index (χ3v) is 4.78. The summed E-state index contributed by atoms with van der Waals surface area (Å²) in [6.45, 7) is 0.0682. The second kappa shape index (κ2) is 6.79. The number of benzene rings is 1. The Morgan fingerprint density at radius 2 is 2.10 bits per heavy atom. The van der Waals surface area contributed by atoms with E-state index >= 15 is 0 Å². The molecule has 1 aliphatic heterocycles. The van der Waals surface area contributed by atoms with Crippen LogP contribution in [0.2, 0.25) is 10.0 Å². The first-order valence-electron chi connectivity index (χ1n) is 5.80. The van der Waals surface area contributed by atoms with Crippen LogP contribution in [0.1, 0.15) is 12.0 Å². The average Bonchev–Trinajstić information content (AvgIpc) is 2.67. The Morgan fingerprint density at radius 1 is 1.38 bits per heavy atom. The van der Waals surface area contributed by atoms with Crippen molar-refractivity contribution in [3.63, 3.8) is 0 Å². The fourth-order valence-corrected chi connectivity index (χ4v) is 3.27. The minimum Gasteiger partial charge on any atom is -0.481 e. The van der Waals surface area contributed by atoms with E-state index < -0.39 is 5.97 Å². The van der Waals surface area contributed by atoms with Crippen LogP contribution in [0.4, 0.5) is 0 Å². The summed E-state index contributed by atoms with van der Waals surface area (Å²) >= 11 is 18.0. The lowest BCUT2D eigenvalue weighted by molar-refractivity contribution is -0.137. The minimum atomic E-state index is -0.975. The second-order valence-electron chi connectivity index (χ2n) is 4.15. The monoisotopic (exact) mass is 361 g/mol. The van der Waals surface area contributed by atoms with Crippen LogP contribution in [0, 0.1) is 0 Å². The zero-order valence-corrected chi connectivity index (χ0v) is 13.7. The lowest BCUT2D eigenvalue weighted by Gasteiger charge is -2.12. The van der Waals surface area contributed by atoms with Crippen molar-refractivity contribution in [2.75, 3.05) is 6.54 Å². The van der Waals surface area contributed by atoms with Crippen LogP contribution in [-0.2, 0) is 9.59 Å². The summed E-state index contributed by atoms with van der Waals surface area (Å²) in [5, 5.41) is 9.50. The van der Waals surface area contributed by atoms with Gasteiger partial charge in [0.25, 0.3) is 5.91 Å². The lowest BCUT2D eigenvalue weighted by atomic mass is 10.2. The Balaban J connectivity index is 2.19. The molecular weight excluding hydrogens is 353 g/mol. The van der Waals surface area contributed by atoms with Crippen molar-refractivity contribution in [2.45, 2.75) is 6.42 Å². The molecule has 1 amide bonds. The molecule has 1 N–H and O–H groups in total. The van der Waals surface area contributed by atoms with E-state index in [0.717, 1.165) is 17.3 Å². The Labute approximate surface area is 140 Å². The van der Waals surface area contributed by atoms with Crippen molar-refractivity contribution in [2.24, 2.45) is 0 Å². The van der Waals surface area contributed by atoms with Crippen molar-refractivity contribution in [3.8, 4) is 0 Å². The molecule has 1 fully saturated rings. The van der Waals surface area contributed by atoms with Crippen LogP contribution in [0.25, 0.3) is 6.08 Å². The molecule has 0 radical (unpaired) electrons. The maximum atomic E-state index is 12.2. The molecule has 1 saturated heterocycles. The zero-order valence-electron chi connectivity index (χ0n) is 10.5. The quantitative estimate of drug-likeness (QED) is 0.654. The normalized spacial score (nSPS) is 16.9. The fourth-order valence-electron chi connectivity index (χ4n) is 1.65. The van der Waals surface area contributed by atoms with Crippen molar-refractivity contribution in [1.82, 2.24) is 4.90 Å². The third kappa shape index (κ3) is 3.97. The van der Waals surface area contributed by atoms with Crippen LogP contribution in [0.15, 0.2) is 23.1 Å². The number of carbonyl (C=O) groups excluding carboxylic acids is 1. The highest BCUT2D eigenvalue weighted by Crippen LogP contribution is 2.33. The number of carbonyl (C=O) groups is 2. The number of halogens is 2. The van der Waals surface area contributed by atoms with Crippen LogP contribution >= 0.6 is 47.2 Å². The van der Waals surface area contributed by atoms with Gasteiger partial charge in [0.15, 0.2) is 0 Å². The Kier molecular flexibility index (Phi) is 5.27. The molecule has 1 aliphatic rings. The standard InChI is InChI=1S/C13H9Cl2NO3S2/c14-8-2-1-7(5-9(8)15)6-10-12(19)16(13(20)21-10)4-3-11(17)18/h1-2,5-6H,3-4H2,(H,17,18)/b10-6+. The van der Waals surface area contributed by atoms with Gasteiger partial charge >= 0.3 is 5.97 Å². The predicted molar refractivity (Wildman–Crippen MR) is 88.6 cm³/mol. The number of thioether (sulfide) groups is 1. The van der Waals surface area contributed by atoms with E-state index in [0.29, 0.717) is 19.3 Å². The van der Waals surface area contributed by atoms with E-state index in [-0.39, 0.29) is 18.9 Å². The van der Waals surface area contributed by atoms with Gasteiger partial charge in [-0.1, -0.05) is 53.2 Å². The van der Waals surface area contributed by atoms with E-state index in [2.05, 4.69) is 0 Å². The van der Waals surface area contributed by atoms with Crippen LogP contribution in [-0.4, -0.2) is 32.7 Å². The molecule has 1 heterocycles. The molecule has 0 bridgehead atoms. The fraction of sp³-hybridized carbons (Fsp3) is 0.154. The van der Waals surface area contributed by atoms with E-state index in [1.807, 2.05) is 0 Å². The molecule has 1 aromatic rings. The van der Waals surface area contributed by atoms with Gasteiger partial charge in [-0.3, -0.25) is 14.5 Å².